The number of aryl methyl sites for hydroxylation is 1. The summed E-state index contributed by atoms with van der Waals surface area (Å²) in [5.74, 6) is 0.820. The molecule has 0 aliphatic heterocycles. The van der Waals surface area contributed by atoms with Gasteiger partial charge in [-0.3, -0.25) is 0 Å². The fraction of sp³-hybridized carbons (Fsp3) is 0.156. The van der Waals surface area contributed by atoms with Gasteiger partial charge in [-0.25, -0.2) is 0 Å². The fourth-order valence-electron chi connectivity index (χ4n) is 7.73. The van der Waals surface area contributed by atoms with Crippen molar-refractivity contribution in [2.75, 3.05) is 9.80 Å². The zero-order chi connectivity index (χ0) is 31.9. The molecule has 8 rings (SSSR count). The first-order chi connectivity index (χ1) is 23.1. The molecule has 0 aromatic heterocycles. The Hall–Kier alpha value is -5.34. The highest BCUT2D eigenvalue weighted by atomic mass is 15.2. The molecule has 2 heteroatoms. The number of nitrogens with zero attached hydrogens (tertiary/aromatic N) is 2. The Morgan fingerprint density at radius 2 is 1.17 bits per heavy atom. The van der Waals surface area contributed by atoms with Crippen LogP contribution in [0, 0.1) is 18.8 Å². The van der Waals surface area contributed by atoms with Gasteiger partial charge in [0.2, 0.25) is 0 Å². The zero-order valence-electron chi connectivity index (χ0n) is 27.3. The third-order valence-electron chi connectivity index (χ3n) is 9.97. The minimum Gasteiger partial charge on any atom is -0.317 e. The summed E-state index contributed by atoms with van der Waals surface area (Å²) >= 11 is 0. The predicted octanol–water partition coefficient (Wildman–Crippen LogP) is 12.2. The maximum atomic E-state index is 2.56. The van der Waals surface area contributed by atoms with Gasteiger partial charge in [-0.2, -0.15) is 0 Å². The Labute approximate surface area is 279 Å². The van der Waals surface area contributed by atoms with E-state index in [9.17, 15) is 0 Å². The third-order valence-corrected chi connectivity index (χ3v) is 9.97. The van der Waals surface area contributed by atoms with Gasteiger partial charge in [0.15, 0.2) is 0 Å². The second kappa shape index (κ2) is 12.1. The van der Waals surface area contributed by atoms with Crippen molar-refractivity contribution in [2.24, 2.45) is 11.8 Å². The quantitative estimate of drug-likeness (QED) is 0.189. The summed E-state index contributed by atoms with van der Waals surface area (Å²) in [6.07, 6.45) is 17.5. The monoisotopic (exact) mass is 608 g/mol. The minimum absolute atomic E-state index is 0.200. The van der Waals surface area contributed by atoms with Gasteiger partial charge in [0, 0.05) is 51.6 Å². The van der Waals surface area contributed by atoms with Crippen molar-refractivity contribution in [2.45, 2.75) is 33.1 Å². The Kier molecular flexibility index (Phi) is 7.50. The number of rotatable bonds is 6. The Morgan fingerprint density at radius 1 is 0.574 bits per heavy atom. The minimum atomic E-state index is 0.200. The molecule has 0 saturated carbocycles. The smallest absolute Gasteiger partial charge is 0.0543 e. The lowest BCUT2D eigenvalue weighted by Gasteiger charge is -2.42. The second-order valence-corrected chi connectivity index (χ2v) is 13.2. The van der Waals surface area contributed by atoms with Crippen LogP contribution in [0.5, 0.6) is 0 Å². The molecule has 3 aliphatic carbocycles. The number of benzene rings is 5. The summed E-state index contributed by atoms with van der Waals surface area (Å²) in [4.78, 5) is 4.99. The van der Waals surface area contributed by atoms with Gasteiger partial charge < -0.3 is 9.80 Å². The summed E-state index contributed by atoms with van der Waals surface area (Å²) in [6, 6.07) is 42.1. The van der Waals surface area contributed by atoms with E-state index >= 15 is 0 Å². The van der Waals surface area contributed by atoms with Crippen LogP contribution in [0.2, 0.25) is 0 Å². The average Bonchev–Trinajstić information content (AvgIpc) is 3.11. The Morgan fingerprint density at radius 3 is 1.85 bits per heavy atom. The highest BCUT2D eigenvalue weighted by molar-refractivity contribution is 6.05. The van der Waals surface area contributed by atoms with Crippen molar-refractivity contribution in [3.05, 3.63) is 185 Å². The molecule has 0 fully saturated rings. The molecule has 2 unspecified atom stereocenters. The molecule has 3 aliphatic rings. The van der Waals surface area contributed by atoms with Crippen molar-refractivity contribution in [1.29, 1.82) is 0 Å². The number of anilines is 4. The molecular formula is C45H40N2. The predicted molar refractivity (Wildman–Crippen MR) is 200 cm³/mol. The maximum Gasteiger partial charge on any atom is 0.0543 e. The molecule has 0 heterocycles. The van der Waals surface area contributed by atoms with Crippen LogP contribution in [0.15, 0.2) is 169 Å². The van der Waals surface area contributed by atoms with Crippen molar-refractivity contribution in [3.63, 3.8) is 0 Å². The number of allylic oxidation sites excluding steroid dienone is 8. The number of para-hydroxylation sites is 2. The average molecular weight is 609 g/mol. The van der Waals surface area contributed by atoms with Gasteiger partial charge in [-0.15, -0.1) is 0 Å². The molecule has 2 nitrogen and oxygen atoms in total. The summed E-state index contributed by atoms with van der Waals surface area (Å²) < 4.78 is 0. The summed E-state index contributed by atoms with van der Waals surface area (Å²) in [5.41, 5.74) is 12.8. The lowest BCUT2D eigenvalue weighted by atomic mass is 9.73. The van der Waals surface area contributed by atoms with E-state index in [-0.39, 0.29) is 11.8 Å². The third kappa shape index (κ3) is 5.24. The first-order valence-corrected chi connectivity index (χ1v) is 16.8. The molecule has 0 amide bonds. The topological polar surface area (TPSA) is 6.48 Å². The van der Waals surface area contributed by atoms with Crippen LogP contribution in [0.4, 0.5) is 22.7 Å². The van der Waals surface area contributed by atoms with E-state index < -0.39 is 0 Å². The molecule has 0 spiro atoms. The lowest BCUT2D eigenvalue weighted by molar-refractivity contribution is 0.597. The first-order valence-electron chi connectivity index (χ1n) is 16.8. The largest absolute Gasteiger partial charge is 0.317 e. The van der Waals surface area contributed by atoms with Gasteiger partial charge in [-0.1, -0.05) is 121 Å². The van der Waals surface area contributed by atoms with E-state index in [0.717, 1.165) is 17.8 Å². The van der Waals surface area contributed by atoms with E-state index in [1.165, 1.54) is 55.8 Å². The Balaban J connectivity index is 1.39. The van der Waals surface area contributed by atoms with Crippen molar-refractivity contribution < 1.29 is 0 Å². The van der Waals surface area contributed by atoms with Crippen molar-refractivity contribution >= 4 is 39.6 Å². The van der Waals surface area contributed by atoms with Crippen LogP contribution in [0.1, 0.15) is 42.9 Å². The molecule has 47 heavy (non-hydrogen) atoms. The molecule has 5 aromatic rings. The number of fused-ring (bicyclic) bond motifs is 5. The van der Waals surface area contributed by atoms with Gasteiger partial charge in [0.05, 0.1) is 5.69 Å². The van der Waals surface area contributed by atoms with Crippen LogP contribution in [-0.4, -0.2) is 0 Å². The molecule has 0 radical (unpaired) electrons. The first kappa shape index (κ1) is 29.1. The van der Waals surface area contributed by atoms with Gasteiger partial charge in [-0.05, 0) is 91.4 Å². The van der Waals surface area contributed by atoms with Gasteiger partial charge in [0.1, 0.15) is 0 Å². The second-order valence-electron chi connectivity index (χ2n) is 13.2. The molecule has 0 bridgehead atoms. The van der Waals surface area contributed by atoms with E-state index in [1.54, 1.807) is 0 Å². The zero-order valence-corrected chi connectivity index (χ0v) is 27.3. The highest BCUT2D eigenvalue weighted by Gasteiger charge is 2.36. The Bertz CT molecular complexity index is 2100. The SMILES string of the molecule is CC1=CC=C(N(C2=Cc3c(cc(N(c4ccccc4)c4ccc(C)cc4)c4ccccc34)C3C=CC=C[C@@H]23)c2ccccc2)C(C)C1. The highest BCUT2D eigenvalue weighted by Crippen LogP contribution is 2.51. The van der Waals surface area contributed by atoms with Crippen LogP contribution in [0.25, 0.3) is 16.8 Å². The molecule has 5 aromatic carbocycles. The van der Waals surface area contributed by atoms with Crippen LogP contribution in [0.3, 0.4) is 0 Å². The number of hydrogen-bond acceptors (Lipinski definition) is 2. The summed E-state index contributed by atoms with van der Waals surface area (Å²) in [6.45, 7) is 6.77. The molecule has 3 atom stereocenters. The normalized spacial score (nSPS) is 19.7. The fourth-order valence-corrected chi connectivity index (χ4v) is 7.73. The summed E-state index contributed by atoms with van der Waals surface area (Å²) in [7, 11) is 0. The van der Waals surface area contributed by atoms with Crippen LogP contribution in [-0.2, 0) is 0 Å². The molecular weight excluding hydrogens is 569 g/mol. The van der Waals surface area contributed by atoms with Gasteiger partial charge in [0.25, 0.3) is 0 Å². The van der Waals surface area contributed by atoms with E-state index in [1.807, 2.05) is 0 Å². The maximum absolute atomic E-state index is 2.56. The van der Waals surface area contributed by atoms with E-state index in [2.05, 4.69) is 188 Å². The number of hydrogen-bond donors (Lipinski definition) is 0. The van der Waals surface area contributed by atoms with Crippen molar-refractivity contribution in [1.82, 2.24) is 0 Å². The molecule has 0 saturated heterocycles. The van der Waals surface area contributed by atoms with Crippen LogP contribution < -0.4 is 9.80 Å². The van der Waals surface area contributed by atoms with Crippen molar-refractivity contribution in [3.8, 4) is 0 Å². The van der Waals surface area contributed by atoms with Gasteiger partial charge >= 0.3 is 0 Å². The molecule has 0 N–H and O–H groups in total. The lowest BCUT2D eigenvalue weighted by Crippen LogP contribution is -2.34. The van der Waals surface area contributed by atoms with E-state index in [0.29, 0.717) is 5.92 Å². The van der Waals surface area contributed by atoms with Crippen LogP contribution >= 0.6 is 0 Å². The standard InChI is InChI=1S/C45H40N2/c1-31-22-25-36(26-23-31)46(34-14-6-4-7-15-34)44-29-41-38-19-11-13-21-40(38)45(30-42(41)37-18-10-12-20-39(37)44)47(35-16-8-5-9-17-35)43-27-24-32(2)28-33(43)3/h4-27,29-30,33,38,40H,28H2,1-3H3/t33?,38?,40-/m1/s1. The summed E-state index contributed by atoms with van der Waals surface area (Å²) in [5, 5.41) is 2.52. The van der Waals surface area contributed by atoms with E-state index in [4.69, 9.17) is 0 Å². The molecule has 230 valence electrons.